The van der Waals surface area contributed by atoms with Gasteiger partial charge in [0.05, 0.1) is 13.0 Å². The van der Waals surface area contributed by atoms with Crippen LogP contribution in [0.3, 0.4) is 0 Å². The van der Waals surface area contributed by atoms with E-state index in [0.29, 0.717) is 24.5 Å². The van der Waals surface area contributed by atoms with Gasteiger partial charge in [-0.2, -0.15) is 5.10 Å². The van der Waals surface area contributed by atoms with Crippen molar-refractivity contribution in [3.63, 3.8) is 0 Å². The van der Waals surface area contributed by atoms with Crippen LogP contribution in [0.5, 0.6) is 5.75 Å². The van der Waals surface area contributed by atoms with E-state index in [2.05, 4.69) is 20.7 Å². The van der Waals surface area contributed by atoms with Crippen molar-refractivity contribution in [2.24, 2.45) is 0 Å². The second-order valence-corrected chi connectivity index (χ2v) is 6.33. The van der Waals surface area contributed by atoms with E-state index in [1.54, 1.807) is 25.3 Å². The zero-order chi connectivity index (χ0) is 18.7. The number of rotatable bonds is 6. The van der Waals surface area contributed by atoms with Gasteiger partial charge >= 0.3 is 0 Å². The Balaban J connectivity index is 1.61. The summed E-state index contributed by atoms with van der Waals surface area (Å²) in [4.78, 5) is 28.8. The molecule has 2 heterocycles. The molecule has 8 heteroatoms. The number of nitrogens with one attached hydrogen (secondary N) is 2. The lowest BCUT2D eigenvalue weighted by molar-refractivity contribution is -0.126. The number of methoxy groups -OCH3 is 1. The number of benzene rings is 1. The smallest absolute Gasteiger partial charge is 0.228 e. The van der Waals surface area contributed by atoms with Gasteiger partial charge in [0.1, 0.15) is 17.4 Å². The van der Waals surface area contributed by atoms with E-state index < -0.39 is 5.92 Å². The van der Waals surface area contributed by atoms with Crippen LogP contribution in [0, 0.1) is 13.8 Å². The molecule has 0 saturated carbocycles. The summed E-state index contributed by atoms with van der Waals surface area (Å²) in [6, 6.07) is 5.34. The number of ether oxygens (including phenoxy) is 1. The highest BCUT2D eigenvalue weighted by molar-refractivity contribution is 6.01. The fourth-order valence-electron chi connectivity index (χ4n) is 3.14. The fourth-order valence-corrected chi connectivity index (χ4v) is 3.14. The number of aryl methyl sites for hydroxylation is 3. The van der Waals surface area contributed by atoms with Crippen LogP contribution in [0.25, 0.3) is 0 Å². The molecule has 1 aliphatic rings. The van der Waals surface area contributed by atoms with Gasteiger partial charge in [0.15, 0.2) is 0 Å². The molecule has 1 aromatic carbocycles. The second-order valence-electron chi connectivity index (χ2n) is 6.33. The Morgan fingerprint density at radius 2 is 2.23 bits per heavy atom. The van der Waals surface area contributed by atoms with Gasteiger partial charge in [0.25, 0.3) is 0 Å². The summed E-state index contributed by atoms with van der Waals surface area (Å²) in [5.74, 6) is 1.44. The minimum absolute atomic E-state index is 0.132. The Bertz CT molecular complexity index is 830. The van der Waals surface area contributed by atoms with E-state index >= 15 is 0 Å². The van der Waals surface area contributed by atoms with Gasteiger partial charge in [-0.25, -0.2) is 4.98 Å². The number of hydrogen-bond donors (Lipinski definition) is 2. The zero-order valence-electron chi connectivity index (χ0n) is 15.2. The maximum Gasteiger partial charge on any atom is 0.228 e. The first-order valence-electron chi connectivity index (χ1n) is 8.61. The molecule has 1 atom stereocenters. The summed E-state index contributed by atoms with van der Waals surface area (Å²) < 4.78 is 7.06. The van der Waals surface area contributed by atoms with Crippen LogP contribution in [0.1, 0.15) is 36.0 Å². The third-order valence-electron chi connectivity index (χ3n) is 4.42. The number of hydrogen-bond acceptors (Lipinski definition) is 5. The highest BCUT2D eigenvalue weighted by Gasteiger charge is 2.30. The number of carbonyl (C=O) groups excluding carboxylic acids is 2. The van der Waals surface area contributed by atoms with Gasteiger partial charge in [0, 0.05) is 25.2 Å². The summed E-state index contributed by atoms with van der Waals surface area (Å²) in [5, 5.41) is 10.0. The van der Waals surface area contributed by atoms with Crippen molar-refractivity contribution in [3.05, 3.63) is 35.4 Å². The molecule has 2 N–H and O–H groups in total. The van der Waals surface area contributed by atoms with Crippen LogP contribution in [-0.2, 0) is 16.1 Å². The minimum atomic E-state index is -0.510. The zero-order valence-corrected chi connectivity index (χ0v) is 15.2. The lowest BCUT2D eigenvalue weighted by Gasteiger charge is -2.25. The van der Waals surface area contributed by atoms with E-state index in [9.17, 15) is 9.59 Å². The van der Waals surface area contributed by atoms with Crippen molar-refractivity contribution in [1.29, 1.82) is 0 Å². The number of aromatic nitrogens is 3. The summed E-state index contributed by atoms with van der Waals surface area (Å²) >= 11 is 0. The molecule has 1 aromatic heterocycles. The fraction of sp³-hybridized carbons (Fsp3) is 0.444. The van der Waals surface area contributed by atoms with Gasteiger partial charge in [-0.05, 0) is 44.0 Å². The van der Waals surface area contributed by atoms with E-state index in [-0.39, 0.29) is 18.2 Å². The molecule has 0 spiro atoms. The van der Waals surface area contributed by atoms with Crippen molar-refractivity contribution < 1.29 is 14.3 Å². The van der Waals surface area contributed by atoms with E-state index in [1.165, 1.54) is 0 Å². The molecule has 0 unspecified atom stereocenters. The Morgan fingerprint density at radius 1 is 1.42 bits per heavy atom. The van der Waals surface area contributed by atoms with Crippen LogP contribution >= 0.6 is 0 Å². The first-order chi connectivity index (χ1) is 12.5. The summed E-state index contributed by atoms with van der Waals surface area (Å²) in [5.41, 5.74) is 1.44. The molecule has 2 amide bonds. The first-order valence-corrected chi connectivity index (χ1v) is 8.61. The van der Waals surface area contributed by atoms with Crippen molar-refractivity contribution in [2.75, 3.05) is 19.0 Å². The second kappa shape index (κ2) is 7.55. The average molecular weight is 357 g/mol. The van der Waals surface area contributed by atoms with Crippen molar-refractivity contribution in [1.82, 2.24) is 20.1 Å². The predicted molar refractivity (Wildman–Crippen MR) is 96.1 cm³/mol. The number of fused-ring (bicyclic) bond motifs is 1. The SMILES string of the molecule is COc1ccc2c(c1)[C@H](C(=O)NCCCn1nc(C)nc1C)CC(=O)N2. The third-order valence-corrected chi connectivity index (χ3v) is 4.42. The quantitative estimate of drug-likeness (QED) is 0.764. The topological polar surface area (TPSA) is 98.1 Å². The molecule has 0 bridgehead atoms. The highest BCUT2D eigenvalue weighted by Crippen LogP contribution is 2.34. The molecule has 26 heavy (non-hydrogen) atoms. The normalized spacial score (nSPS) is 16.0. The maximum absolute atomic E-state index is 12.6. The maximum atomic E-state index is 12.6. The van der Waals surface area contributed by atoms with Crippen molar-refractivity contribution >= 4 is 17.5 Å². The molecule has 0 saturated heterocycles. The highest BCUT2D eigenvalue weighted by atomic mass is 16.5. The molecule has 0 aliphatic carbocycles. The predicted octanol–water partition coefficient (Wildman–Crippen LogP) is 1.54. The van der Waals surface area contributed by atoms with Gasteiger partial charge in [-0.3, -0.25) is 14.3 Å². The van der Waals surface area contributed by atoms with E-state index in [0.717, 1.165) is 23.6 Å². The van der Waals surface area contributed by atoms with Gasteiger partial charge in [-0.15, -0.1) is 0 Å². The first kappa shape index (κ1) is 17.9. The molecule has 0 radical (unpaired) electrons. The molecule has 0 fully saturated rings. The lowest BCUT2D eigenvalue weighted by Crippen LogP contribution is -2.35. The minimum Gasteiger partial charge on any atom is -0.497 e. The average Bonchev–Trinajstić information content (AvgIpc) is 2.94. The molecule has 1 aliphatic heterocycles. The van der Waals surface area contributed by atoms with Crippen LogP contribution in [0.4, 0.5) is 5.69 Å². The third kappa shape index (κ3) is 3.84. The number of amides is 2. The van der Waals surface area contributed by atoms with Crippen LogP contribution < -0.4 is 15.4 Å². The van der Waals surface area contributed by atoms with Gasteiger partial charge in [-0.1, -0.05) is 0 Å². The Hall–Kier alpha value is -2.90. The molecule has 2 aromatic rings. The summed E-state index contributed by atoms with van der Waals surface area (Å²) in [6.45, 7) is 4.95. The molecule has 138 valence electrons. The monoisotopic (exact) mass is 357 g/mol. The molecular weight excluding hydrogens is 334 g/mol. The Morgan fingerprint density at radius 3 is 2.92 bits per heavy atom. The Kier molecular flexibility index (Phi) is 5.20. The van der Waals surface area contributed by atoms with Gasteiger partial charge in [0.2, 0.25) is 11.8 Å². The van der Waals surface area contributed by atoms with Crippen LogP contribution in [-0.4, -0.2) is 40.2 Å². The molecule has 8 nitrogen and oxygen atoms in total. The number of carbonyl (C=O) groups is 2. The van der Waals surface area contributed by atoms with Gasteiger partial charge < -0.3 is 15.4 Å². The van der Waals surface area contributed by atoms with Crippen molar-refractivity contribution in [3.8, 4) is 5.75 Å². The van der Waals surface area contributed by atoms with Crippen LogP contribution in [0.2, 0.25) is 0 Å². The largest absolute Gasteiger partial charge is 0.497 e. The lowest BCUT2D eigenvalue weighted by atomic mass is 9.89. The molecule has 3 rings (SSSR count). The number of nitrogens with zero attached hydrogens (tertiary/aromatic N) is 3. The Labute approximate surface area is 151 Å². The summed E-state index contributed by atoms with van der Waals surface area (Å²) in [7, 11) is 1.58. The standard InChI is InChI=1S/C18H23N5O3/c1-11-20-12(2)23(22-11)8-4-7-19-18(25)15-10-17(24)21-16-6-5-13(26-3)9-14(15)16/h5-6,9,15H,4,7-8,10H2,1-3H3,(H,19,25)(H,21,24)/t15-/m1/s1. The number of anilines is 1. The molecular formula is C18H23N5O3. The van der Waals surface area contributed by atoms with Crippen molar-refractivity contribution in [2.45, 2.75) is 39.2 Å². The van der Waals surface area contributed by atoms with E-state index in [4.69, 9.17) is 4.74 Å². The van der Waals surface area contributed by atoms with E-state index in [1.807, 2.05) is 18.5 Å². The summed E-state index contributed by atoms with van der Waals surface area (Å²) in [6.07, 6.45) is 0.868. The van der Waals surface area contributed by atoms with Crippen LogP contribution in [0.15, 0.2) is 18.2 Å².